The van der Waals surface area contributed by atoms with Crippen molar-refractivity contribution in [1.82, 2.24) is 56.4 Å². The predicted octanol–water partition coefficient (Wildman–Crippen LogP) is 24.9. The van der Waals surface area contributed by atoms with Crippen LogP contribution in [0.3, 0.4) is 0 Å². The zero-order chi connectivity index (χ0) is 90.0. The summed E-state index contributed by atoms with van der Waals surface area (Å²) in [4.78, 5) is 20.5. The number of methoxy groups -OCH3 is 2. The van der Waals surface area contributed by atoms with Gasteiger partial charge < -0.3 is 80.1 Å². The molecule has 0 saturated heterocycles. The lowest BCUT2D eigenvalue weighted by molar-refractivity contribution is 0.262. The van der Waals surface area contributed by atoms with Crippen LogP contribution in [0.2, 0.25) is 10.0 Å². The van der Waals surface area contributed by atoms with E-state index in [9.17, 15) is 0 Å². The molecule has 1 fully saturated rings. The van der Waals surface area contributed by atoms with Crippen LogP contribution < -0.4 is 50.3 Å². The minimum Gasteiger partial charge on any atom is -0.497 e. The number of hydrogen-bond donors (Lipinski definition) is 10. The standard InChI is InChI=1S/C31H28N2O2.C25H24N2O2.C22H25N3OS.C18H17ClN2.C17H21ClN2/c1-3-7-22(8-4-1)20-34-25-13-11-24(12-14-25)30-31-27(17-18-32-30)28-19-26(15-16-29(28)33-31)35-21-23-9-5-2-6-10-23;1-28-20-11-12-23-22(15-20)21-13-14-26-24(25(21)27-23)18-7-9-19(10-8-18)29-16-17-5-3-2-4-6-17;1-14(2)23-22(27)25-13-12-18-17-6-4-5-7-19(17)24-20(18)21(25)15-8-10-16(26-3)11-9-15;1-11-3-2-4-12(9-11)17-18-14(7-8-20-17)15-10-13(19)5-6-16(15)21-18;18-12-6-7-15-14(10-12)13-8-9-19-16(17(13)20-15)11-4-2-1-3-5-11/h1-16,19,30,32-33H,17-18,20-21H2;2-12,15,24,26-27H,13-14,16H2,1H3;4-11,14,21,24H,12-13H2,1-3H3,(H,23,27);2-6,9-10,17,20-21H,7-8H2,1H3;6-7,10-11,16,19-20H,1-5,8-9H2. The van der Waals surface area contributed by atoms with Crippen LogP contribution in [0.4, 0.5) is 0 Å². The van der Waals surface area contributed by atoms with E-state index < -0.39 is 0 Å². The highest BCUT2D eigenvalue weighted by atomic mass is 35.5. The number of aromatic amines is 5. The topological polar surface area (TPSA) is 188 Å². The molecular weight excluding hydrogens is 1690 g/mol. The molecule has 10 heterocycles. The van der Waals surface area contributed by atoms with Crippen molar-refractivity contribution < 1.29 is 23.7 Å². The number of halogens is 2. The number of H-pyrrole nitrogens is 5. The van der Waals surface area contributed by atoms with E-state index in [4.69, 9.17) is 59.1 Å². The predicted molar refractivity (Wildman–Crippen MR) is 542 cm³/mol. The highest BCUT2D eigenvalue weighted by Gasteiger charge is 2.36. The fourth-order valence-corrected chi connectivity index (χ4v) is 21.1. The molecular formula is C113H115Cl2N11O5S. The fraction of sp³-hybridized carbons (Fsp3) is 0.265. The molecule has 6 aliphatic rings. The van der Waals surface area contributed by atoms with Crippen molar-refractivity contribution in [3.8, 4) is 28.7 Å². The van der Waals surface area contributed by atoms with Gasteiger partial charge in [-0.2, -0.15) is 0 Å². The van der Waals surface area contributed by atoms with Crippen molar-refractivity contribution in [1.29, 1.82) is 0 Å². The zero-order valence-electron chi connectivity index (χ0n) is 75.6. The SMILES string of the molecule is COc1ccc(C2c3[nH]c4ccccc4c3CCN2C(=S)NC(C)C)cc1.COc1ccc2[nH]c3c(c2c1)CCNC3c1ccc(OCc2ccccc2)cc1.Cc1cccc(C2NCCc3c2[nH]c2ccc(Cl)cc32)c1.Clc1ccc2[nH]c3c(c2c1)CCNC3C1CCCCC1.c1ccc(COc2ccc(C3NCCc4c3[nH]c3ccc(OCc5ccccc5)cc43)cc2)cc1. The summed E-state index contributed by atoms with van der Waals surface area (Å²) in [6.45, 7) is 13.0. The molecule has 16 nitrogen and oxygen atoms in total. The molecule has 5 aliphatic heterocycles. The van der Waals surface area contributed by atoms with Crippen molar-refractivity contribution in [2.24, 2.45) is 5.92 Å². The van der Waals surface area contributed by atoms with Gasteiger partial charge in [-0.1, -0.05) is 218 Å². The second-order valence-electron chi connectivity index (χ2n) is 35.7. The Morgan fingerprint density at radius 3 is 1.28 bits per heavy atom. The molecule has 0 spiro atoms. The maximum atomic E-state index is 6.17. The number of fused-ring (bicyclic) bond motifs is 15. The molecule has 672 valence electrons. The Kier molecular flexibility index (Phi) is 27.6. The smallest absolute Gasteiger partial charge is 0.169 e. The summed E-state index contributed by atoms with van der Waals surface area (Å²) in [5, 5.41) is 27.0. The van der Waals surface area contributed by atoms with Crippen molar-refractivity contribution in [3.63, 3.8) is 0 Å². The van der Waals surface area contributed by atoms with E-state index >= 15 is 0 Å². The Morgan fingerprint density at radius 2 is 0.773 bits per heavy atom. The number of hydrogen-bond acceptors (Lipinski definition) is 10. The van der Waals surface area contributed by atoms with Crippen LogP contribution in [-0.4, -0.2) is 87.9 Å². The molecule has 12 aromatic carbocycles. The third-order valence-corrected chi connectivity index (χ3v) is 27.6. The highest BCUT2D eigenvalue weighted by Crippen LogP contribution is 2.45. The lowest BCUT2D eigenvalue weighted by Crippen LogP contribution is -2.47. The summed E-state index contributed by atoms with van der Waals surface area (Å²) >= 11 is 18.1. The Morgan fingerprint density at radius 1 is 0.371 bits per heavy atom. The van der Waals surface area contributed by atoms with E-state index in [-0.39, 0.29) is 24.2 Å². The minimum absolute atomic E-state index is 0.0609. The molecule has 0 bridgehead atoms. The Bertz CT molecular complexity index is 6810. The number of thiocarbonyl (C=S) groups is 1. The van der Waals surface area contributed by atoms with Gasteiger partial charge in [0.1, 0.15) is 48.6 Å². The third-order valence-electron chi connectivity index (χ3n) is 26.8. The van der Waals surface area contributed by atoms with Crippen LogP contribution in [0, 0.1) is 12.8 Å². The molecule has 1 aliphatic carbocycles. The molecule has 5 atom stereocenters. The van der Waals surface area contributed by atoms with Gasteiger partial charge in [0.15, 0.2) is 5.11 Å². The van der Waals surface area contributed by atoms with E-state index in [1.165, 1.54) is 176 Å². The van der Waals surface area contributed by atoms with Gasteiger partial charge in [-0.25, -0.2) is 0 Å². The lowest BCUT2D eigenvalue weighted by Gasteiger charge is -2.38. The number of aromatic nitrogens is 5. The third kappa shape index (κ3) is 20.0. The Balaban J connectivity index is 0.000000108. The fourth-order valence-electron chi connectivity index (χ4n) is 20.3. The van der Waals surface area contributed by atoms with Gasteiger partial charge in [0, 0.05) is 125 Å². The van der Waals surface area contributed by atoms with Gasteiger partial charge in [0.25, 0.3) is 0 Å². The maximum absolute atomic E-state index is 6.17. The van der Waals surface area contributed by atoms with Gasteiger partial charge in [-0.15, -0.1) is 0 Å². The van der Waals surface area contributed by atoms with Gasteiger partial charge in [-0.05, 0) is 272 Å². The van der Waals surface area contributed by atoms with Crippen LogP contribution in [0.5, 0.6) is 28.7 Å². The molecule has 0 amide bonds. The molecule has 5 unspecified atom stereocenters. The number of rotatable bonds is 17. The van der Waals surface area contributed by atoms with Crippen molar-refractivity contribution in [2.45, 2.75) is 141 Å². The first-order chi connectivity index (χ1) is 64.8. The summed E-state index contributed by atoms with van der Waals surface area (Å²) in [7, 11) is 3.41. The first-order valence-electron chi connectivity index (χ1n) is 46.7. The van der Waals surface area contributed by atoms with Crippen LogP contribution in [-0.2, 0) is 51.9 Å². The highest BCUT2D eigenvalue weighted by molar-refractivity contribution is 7.80. The summed E-state index contributed by atoms with van der Waals surface area (Å²) in [5.74, 6) is 5.22. The average Bonchev–Trinajstić information content (AvgIpc) is 1.59. The summed E-state index contributed by atoms with van der Waals surface area (Å²) in [5.41, 5.74) is 29.2. The number of nitrogens with zero attached hydrogens (tertiary/aromatic N) is 1. The number of nitrogens with one attached hydrogen (secondary N) is 10. The molecule has 10 N–H and O–H groups in total. The van der Waals surface area contributed by atoms with Crippen LogP contribution in [0.15, 0.2) is 285 Å². The van der Waals surface area contributed by atoms with Gasteiger partial charge >= 0.3 is 0 Å². The maximum Gasteiger partial charge on any atom is 0.169 e. The van der Waals surface area contributed by atoms with E-state index in [0.717, 1.165) is 126 Å². The molecule has 132 heavy (non-hydrogen) atoms. The molecule has 17 aromatic rings. The summed E-state index contributed by atoms with van der Waals surface area (Å²) in [6.07, 6.45) is 12.1. The van der Waals surface area contributed by atoms with Crippen LogP contribution in [0.1, 0.15) is 177 Å². The Hall–Kier alpha value is -12.6. The van der Waals surface area contributed by atoms with Crippen LogP contribution in [0.25, 0.3) is 54.5 Å². The summed E-state index contributed by atoms with van der Waals surface area (Å²) in [6, 6.07) is 99.5. The van der Waals surface area contributed by atoms with E-state index in [1.54, 1.807) is 14.2 Å². The number of aryl methyl sites for hydroxylation is 1. The van der Waals surface area contributed by atoms with Gasteiger partial charge in [0.2, 0.25) is 0 Å². The van der Waals surface area contributed by atoms with E-state index in [1.807, 2.05) is 84.9 Å². The first-order valence-corrected chi connectivity index (χ1v) is 47.9. The van der Waals surface area contributed by atoms with Crippen molar-refractivity contribution in [3.05, 3.63) is 396 Å². The number of ether oxygens (including phenoxy) is 5. The molecule has 23 rings (SSSR count). The molecule has 5 aromatic heterocycles. The monoisotopic (exact) mass is 1810 g/mol. The normalized spacial score (nSPS) is 17.3. The van der Waals surface area contributed by atoms with E-state index in [0.29, 0.717) is 31.9 Å². The number of benzene rings is 12. The van der Waals surface area contributed by atoms with Gasteiger partial charge in [0.05, 0.1) is 44.4 Å². The van der Waals surface area contributed by atoms with Crippen LogP contribution >= 0.6 is 35.4 Å². The second kappa shape index (κ2) is 41.1. The van der Waals surface area contributed by atoms with Gasteiger partial charge in [-0.3, -0.25) is 0 Å². The Labute approximate surface area is 788 Å². The van der Waals surface area contributed by atoms with Crippen molar-refractivity contribution in [2.75, 3.05) is 46.9 Å². The van der Waals surface area contributed by atoms with Crippen molar-refractivity contribution >= 4 is 95.0 Å². The molecule has 19 heteroatoms. The average molecular weight is 1810 g/mol. The first kappa shape index (κ1) is 88.7. The lowest BCUT2D eigenvalue weighted by atomic mass is 9.80. The number of para-hydroxylation sites is 1. The quantitative estimate of drug-likeness (QED) is 0.0389. The molecule has 1 saturated carbocycles. The minimum atomic E-state index is 0.0609. The summed E-state index contributed by atoms with van der Waals surface area (Å²) < 4.78 is 28.8. The largest absolute Gasteiger partial charge is 0.497 e. The zero-order valence-corrected chi connectivity index (χ0v) is 77.9. The van der Waals surface area contributed by atoms with E-state index in [2.05, 4.69) is 277 Å². The molecule has 0 radical (unpaired) electrons. The second-order valence-corrected chi connectivity index (χ2v) is 37.0.